The summed E-state index contributed by atoms with van der Waals surface area (Å²) in [6.45, 7) is 3.35. The van der Waals surface area contributed by atoms with Gasteiger partial charge in [0.15, 0.2) is 5.82 Å². The van der Waals surface area contributed by atoms with Gasteiger partial charge in [-0.25, -0.2) is 13.8 Å². The smallest absolute Gasteiger partial charge is 0.224 e. The third-order valence-corrected chi connectivity index (χ3v) is 7.16. The van der Waals surface area contributed by atoms with Crippen LogP contribution in [0.5, 0.6) is 0 Å². The van der Waals surface area contributed by atoms with E-state index in [0.29, 0.717) is 75.5 Å². The highest BCUT2D eigenvalue weighted by Gasteiger charge is 2.21. The number of carbonyl (C=O) groups excluding carboxylic acids is 1. The Morgan fingerprint density at radius 1 is 0.977 bits per heavy atom. The molecule has 224 valence electrons. The molecule has 0 saturated carbocycles. The molecule has 10 nitrogen and oxygen atoms in total. The largest absolute Gasteiger partial charge is 0.384 e. The molecule has 2 aromatic carbocycles. The van der Waals surface area contributed by atoms with Crippen LogP contribution in [0.25, 0.3) is 55.8 Å². The second-order valence-corrected chi connectivity index (χ2v) is 10.8. The molecule has 0 atom stereocenters. The summed E-state index contributed by atoms with van der Waals surface area (Å²) in [6, 6.07) is 11.5. The fourth-order valence-electron chi connectivity index (χ4n) is 5.08. The van der Waals surface area contributed by atoms with Crippen LogP contribution in [-0.2, 0) is 4.79 Å². The third-order valence-electron chi connectivity index (χ3n) is 7.16. The van der Waals surface area contributed by atoms with E-state index in [4.69, 9.17) is 4.98 Å². The summed E-state index contributed by atoms with van der Waals surface area (Å²) in [6.07, 6.45) is 5.78. The Morgan fingerprint density at radius 2 is 1.82 bits per heavy atom. The van der Waals surface area contributed by atoms with Gasteiger partial charge in [-0.05, 0) is 63.0 Å². The van der Waals surface area contributed by atoms with E-state index in [0.717, 1.165) is 6.54 Å². The number of imidazole rings is 1. The normalized spacial score (nSPS) is 11.5. The molecule has 4 aromatic heterocycles. The van der Waals surface area contributed by atoms with Crippen molar-refractivity contribution >= 4 is 39.2 Å². The van der Waals surface area contributed by atoms with Gasteiger partial charge in [0.1, 0.15) is 22.8 Å². The first-order chi connectivity index (χ1) is 21.3. The second kappa shape index (κ2) is 12.2. The number of amides is 1. The summed E-state index contributed by atoms with van der Waals surface area (Å²) in [5.41, 5.74) is 4.87. The first-order valence-electron chi connectivity index (χ1n) is 14.3. The Morgan fingerprint density at radius 3 is 2.64 bits per heavy atom. The third kappa shape index (κ3) is 5.84. The van der Waals surface area contributed by atoms with Crippen molar-refractivity contribution in [2.45, 2.75) is 19.8 Å². The number of hydrogen-bond acceptors (Lipinski definition) is 7. The van der Waals surface area contributed by atoms with E-state index >= 15 is 4.39 Å². The quantitative estimate of drug-likeness (QED) is 0.148. The molecule has 6 aromatic rings. The zero-order chi connectivity index (χ0) is 30.8. The minimum absolute atomic E-state index is 0.131. The van der Waals surface area contributed by atoms with Crippen molar-refractivity contribution in [2.24, 2.45) is 0 Å². The SMILES string of the molecule is CCCC(=O)Nc1cncc(-c2ccc3[nH]nc(-c4nc5c(-c6cc(F)cc(NCCN(C)C)c6)nccc5[nH]4)c3c2F)c1. The van der Waals surface area contributed by atoms with Gasteiger partial charge in [-0.15, -0.1) is 0 Å². The van der Waals surface area contributed by atoms with Crippen molar-refractivity contribution in [3.05, 3.63) is 72.7 Å². The van der Waals surface area contributed by atoms with Crippen LogP contribution in [0.4, 0.5) is 20.2 Å². The maximum atomic E-state index is 16.2. The molecule has 0 fully saturated rings. The van der Waals surface area contributed by atoms with Gasteiger partial charge in [-0.1, -0.05) is 6.92 Å². The van der Waals surface area contributed by atoms with E-state index in [2.05, 4.69) is 35.8 Å². The number of fused-ring (bicyclic) bond motifs is 2. The summed E-state index contributed by atoms with van der Waals surface area (Å²) in [5.74, 6) is -0.715. The zero-order valence-electron chi connectivity index (χ0n) is 24.5. The van der Waals surface area contributed by atoms with E-state index in [1.54, 1.807) is 36.7 Å². The topological polar surface area (TPSA) is 128 Å². The molecule has 44 heavy (non-hydrogen) atoms. The molecule has 0 bridgehead atoms. The van der Waals surface area contributed by atoms with Crippen molar-refractivity contribution in [1.82, 2.24) is 35.0 Å². The lowest BCUT2D eigenvalue weighted by Gasteiger charge is -2.12. The summed E-state index contributed by atoms with van der Waals surface area (Å²) in [4.78, 5) is 30.8. The zero-order valence-corrected chi connectivity index (χ0v) is 24.5. The van der Waals surface area contributed by atoms with E-state index in [-0.39, 0.29) is 17.0 Å². The number of benzene rings is 2. The van der Waals surface area contributed by atoms with Crippen LogP contribution < -0.4 is 10.6 Å². The molecular formula is C32H31F2N9O. The number of hydrogen-bond donors (Lipinski definition) is 4. The van der Waals surface area contributed by atoms with E-state index in [1.165, 1.54) is 18.3 Å². The molecule has 6 rings (SSSR count). The summed E-state index contributed by atoms with van der Waals surface area (Å²) >= 11 is 0. The number of likely N-dealkylation sites (N-methyl/N-ethyl adjacent to an activating group) is 1. The number of anilines is 2. The van der Waals surface area contributed by atoms with Gasteiger partial charge in [0.25, 0.3) is 0 Å². The number of H-pyrrole nitrogens is 2. The highest BCUT2D eigenvalue weighted by atomic mass is 19.1. The van der Waals surface area contributed by atoms with Crippen molar-refractivity contribution in [3.63, 3.8) is 0 Å². The molecule has 0 radical (unpaired) electrons. The number of aromatic nitrogens is 6. The maximum absolute atomic E-state index is 16.2. The maximum Gasteiger partial charge on any atom is 0.224 e. The summed E-state index contributed by atoms with van der Waals surface area (Å²) in [7, 11) is 3.94. The van der Waals surface area contributed by atoms with Gasteiger partial charge < -0.3 is 20.5 Å². The van der Waals surface area contributed by atoms with Gasteiger partial charge >= 0.3 is 0 Å². The van der Waals surface area contributed by atoms with Crippen LogP contribution >= 0.6 is 0 Å². The van der Waals surface area contributed by atoms with Gasteiger partial charge in [-0.2, -0.15) is 5.10 Å². The van der Waals surface area contributed by atoms with Gasteiger partial charge in [0, 0.05) is 54.3 Å². The van der Waals surface area contributed by atoms with Crippen molar-refractivity contribution in [2.75, 3.05) is 37.8 Å². The number of carbonyl (C=O) groups is 1. The van der Waals surface area contributed by atoms with E-state index < -0.39 is 11.6 Å². The fourth-order valence-corrected chi connectivity index (χ4v) is 5.08. The number of rotatable bonds is 10. The number of aromatic amines is 2. The minimum atomic E-state index is -0.512. The van der Waals surface area contributed by atoms with Gasteiger partial charge in [0.05, 0.1) is 34.0 Å². The molecule has 0 aliphatic rings. The predicted octanol–water partition coefficient (Wildman–Crippen LogP) is 6.22. The molecular weight excluding hydrogens is 564 g/mol. The molecule has 12 heteroatoms. The molecule has 4 N–H and O–H groups in total. The lowest BCUT2D eigenvalue weighted by molar-refractivity contribution is -0.116. The molecule has 1 amide bonds. The number of halogens is 2. The molecule has 0 aliphatic heterocycles. The predicted molar refractivity (Wildman–Crippen MR) is 168 cm³/mol. The average molecular weight is 596 g/mol. The highest BCUT2D eigenvalue weighted by Crippen LogP contribution is 2.36. The minimum Gasteiger partial charge on any atom is -0.384 e. The lowest BCUT2D eigenvalue weighted by atomic mass is 10.0. The highest BCUT2D eigenvalue weighted by molar-refractivity contribution is 5.98. The Hall–Kier alpha value is -5.23. The van der Waals surface area contributed by atoms with Crippen LogP contribution in [0.15, 0.2) is 61.1 Å². The van der Waals surface area contributed by atoms with Crippen molar-refractivity contribution in [3.8, 4) is 33.9 Å². The molecule has 0 saturated heterocycles. The van der Waals surface area contributed by atoms with E-state index in [9.17, 15) is 9.18 Å². The Kier molecular flexibility index (Phi) is 7.99. The summed E-state index contributed by atoms with van der Waals surface area (Å²) < 4.78 is 30.9. The molecule has 4 heterocycles. The Bertz CT molecular complexity index is 1980. The van der Waals surface area contributed by atoms with Crippen LogP contribution in [0, 0.1) is 11.6 Å². The van der Waals surface area contributed by atoms with Crippen LogP contribution in [-0.4, -0.2) is 68.1 Å². The van der Waals surface area contributed by atoms with E-state index in [1.807, 2.05) is 32.0 Å². The summed E-state index contributed by atoms with van der Waals surface area (Å²) in [5, 5.41) is 13.6. The van der Waals surface area contributed by atoms with Crippen LogP contribution in [0.2, 0.25) is 0 Å². The monoisotopic (exact) mass is 595 g/mol. The molecule has 0 spiro atoms. The van der Waals surface area contributed by atoms with Crippen molar-refractivity contribution in [1.29, 1.82) is 0 Å². The van der Waals surface area contributed by atoms with Crippen molar-refractivity contribution < 1.29 is 13.6 Å². The fraction of sp³-hybridized carbons (Fsp3) is 0.219. The number of nitrogens with one attached hydrogen (secondary N) is 4. The number of pyridine rings is 2. The van der Waals surface area contributed by atoms with Gasteiger partial charge in [-0.3, -0.25) is 19.9 Å². The van der Waals surface area contributed by atoms with Crippen LogP contribution in [0.1, 0.15) is 19.8 Å². The average Bonchev–Trinajstić information content (AvgIpc) is 3.62. The van der Waals surface area contributed by atoms with Crippen LogP contribution in [0.3, 0.4) is 0 Å². The number of nitrogens with zero attached hydrogens (tertiary/aromatic N) is 5. The molecule has 0 aliphatic carbocycles. The first kappa shape index (κ1) is 28.9. The Labute approximate surface area is 252 Å². The molecule has 0 unspecified atom stereocenters. The second-order valence-electron chi connectivity index (χ2n) is 10.8. The first-order valence-corrected chi connectivity index (χ1v) is 14.3. The lowest BCUT2D eigenvalue weighted by Crippen LogP contribution is -2.20. The Balaban J connectivity index is 1.38. The van der Waals surface area contributed by atoms with Gasteiger partial charge in [0.2, 0.25) is 5.91 Å². The standard InChI is InChI=1S/C32H31F2N9O/c1-4-5-26(44)38-22-14-19(16-35-17-22)23-6-7-24-27(28(23)34)31(42-41-24)32-39-25-8-9-37-29(30(25)40-32)18-12-20(33)15-21(13-18)36-10-11-43(2)3/h6-9,12-17,36H,4-5,10-11H2,1-3H3,(H,38,44)(H,39,40)(H,41,42).